The summed E-state index contributed by atoms with van der Waals surface area (Å²) in [5.41, 5.74) is 1.63. The van der Waals surface area contributed by atoms with Crippen LogP contribution in [0.2, 0.25) is 0 Å². The molecule has 0 unspecified atom stereocenters. The molecule has 0 radical (unpaired) electrons. The van der Waals surface area contributed by atoms with Gasteiger partial charge in [0, 0.05) is 49.9 Å². The third-order valence-corrected chi connectivity index (χ3v) is 6.64. The highest BCUT2D eigenvalue weighted by molar-refractivity contribution is 6.45. The molecule has 0 bridgehead atoms. The standard InChI is InChI=1S/C29H25FN4O4/c30-23-12-11-21(27(36)32-17-19-7-3-1-4-8-19)25-24(23)22(18-31-25)26(35)29(38)34-15-13-33(14-16-34)28(37)20-9-5-2-6-10-20/h1-12,18,31H,13-17H2,(H,32,36). The van der Waals surface area contributed by atoms with Crippen LogP contribution in [0.15, 0.2) is 79.0 Å². The zero-order valence-electron chi connectivity index (χ0n) is 20.4. The Balaban J connectivity index is 1.29. The van der Waals surface area contributed by atoms with E-state index in [4.69, 9.17) is 0 Å². The van der Waals surface area contributed by atoms with E-state index in [2.05, 4.69) is 10.3 Å². The molecule has 2 heterocycles. The molecule has 0 aliphatic carbocycles. The number of ketones is 1. The lowest BCUT2D eigenvalue weighted by atomic mass is 10.0. The molecular weight excluding hydrogens is 487 g/mol. The Morgan fingerprint density at radius 3 is 2.11 bits per heavy atom. The molecule has 192 valence electrons. The molecule has 3 amide bonds. The van der Waals surface area contributed by atoms with Gasteiger partial charge in [0.2, 0.25) is 0 Å². The number of H-pyrrole nitrogens is 1. The van der Waals surface area contributed by atoms with Crippen molar-refractivity contribution in [3.05, 3.63) is 107 Å². The maximum Gasteiger partial charge on any atom is 0.295 e. The van der Waals surface area contributed by atoms with Crippen LogP contribution in [0.4, 0.5) is 4.39 Å². The van der Waals surface area contributed by atoms with Gasteiger partial charge in [-0.15, -0.1) is 0 Å². The summed E-state index contributed by atoms with van der Waals surface area (Å²) in [4.78, 5) is 57.5. The molecule has 0 saturated carbocycles. The van der Waals surface area contributed by atoms with Crippen LogP contribution in [-0.2, 0) is 11.3 Å². The summed E-state index contributed by atoms with van der Waals surface area (Å²) in [5.74, 6) is -2.95. The van der Waals surface area contributed by atoms with E-state index in [1.165, 1.54) is 17.2 Å². The Hall–Kier alpha value is -4.79. The number of nitrogens with zero attached hydrogens (tertiary/aromatic N) is 2. The highest BCUT2D eigenvalue weighted by atomic mass is 19.1. The Kier molecular flexibility index (Phi) is 6.99. The fourth-order valence-corrected chi connectivity index (χ4v) is 4.58. The molecule has 2 N–H and O–H groups in total. The van der Waals surface area contributed by atoms with Gasteiger partial charge < -0.3 is 20.1 Å². The average molecular weight is 513 g/mol. The lowest BCUT2D eigenvalue weighted by Gasteiger charge is -2.34. The maximum absolute atomic E-state index is 14.9. The number of piperazine rings is 1. The van der Waals surface area contributed by atoms with Crippen LogP contribution in [0.25, 0.3) is 10.9 Å². The Bertz CT molecular complexity index is 1510. The first-order valence-corrected chi connectivity index (χ1v) is 12.2. The van der Waals surface area contributed by atoms with Gasteiger partial charge >= 0.3 is 0 Å². The summed E-state index contributed by atoms with van der Waals surface area (Å²) in [6.45, 7) is 1.20. The minimum Gasteiger partial charge on any atom is -0.360 e. The topological polar surface area (TPSA) is 103 Å². The summed E-state index contributed by atoms with van der Waals surface area (Å²) in [6.07, 6.45) is 1.26. The van der Waals surface area contributed by atoms with E-state index >= 15 is 0 Å². The number of carbonyl (C=O) groups is 4. The SMILES string of the molecule is O=C(NCc1ccccc1)c1ccc(F)c2c(C(=O)C(=O)N3CCN(C(=O)c4ccccc4)CC3)c[nH]c12. The molecular formula is C29H25FN4O4. The fraction of sp³-hybridized carbons (Fsp3) is 0.172. The van der Waals surface area contributed by atoms with Gasteiger partial charge in [-0.1, -0.05) is 48.5 Å². The first kappa shape index (κ1) is 24.9. The number of Topliss-reactive ketones (excluding diaryl/α,β-unsaturated/α-hetero) is 1. The summed E-state index contributed by atoms with van der Waals surface area (Å²) < 4.78 is 14.9. The second kappa shape index (κ2) is 10.7. The predicted molar refractivity (Wildman–Crippen MR) is 139 cm³/mol. The van der Waals surface area contributed by atoms with Gasteiger partial charge in [0.05, 0.1) is 16.6 Å². The van der Waals surface area contributed by atoms with Crippen LogP contribution < -0.4 is 5.32 Å². The molecule has 1 saturated heterocycles. The molecule has 9 heteroatoms. The van der Waals surface area contributed by atoms with Crippen LogP contribution in [0.1, 0.15) is 36.6 Å². The highest BCUT2D eigenvalue weighted by Gasteiger charge is 2.31. The summed E-state index contributed by atoms with van der Waals surface area (Å²) in [6, 6.07) is 20.6. The number of aromatic amines is 1. The van der Waals surface area contributed by atoms with Crippen molar-refractivity contribution in [1.29, 1.82) is 0 Å². The van der Waals surface area contributed by atoms with Gasteiger partial charge in [-0.3, -0.25) is 19.2 Å². The summed E-state index contributed by atoms with van der Waals surface area (Å²) in [5, 5.41) is 2.69. The Labute approximate surface area is 218 Å². The second-order valence-corrected chi connectivity index (χ2v) is 9.00. The fourth-order valence-electron chi connectivity index (χ4n) is 4.58. The molecule has 1 fully saturated rings. The zero-order valence-corrected chi connectivity index (χ0v) is 20.4. The molecule has 3 aromatic carbocycles. The number of aromatic nitrogens is 1. The van der Waals surface area contributed by atoms with Crippen molar-refractivity contribution in [3.63, 3.8) is 0 Å². The van der Waals surface area contributed by atoms with E-state index in [-0.39, 0.29) is 60.7 Å². The molecule has 4 aromatic rings. The van der Waals surface area contributed by atoms with Gasteiger partial charge in [0.25, 0.3) is 23.5 Å². The molecule has 5 rings (SSSR count). The van der Waals surface area contributed by atoms with E-state index in [9.17, 15) is 23.6 Å². The van der Waals surface area contributed by atoms with Crippen molar-refractivity contribution < 1.29 is 23.6 Å². The third-order valence-electron chi connectivity index (χ3n) is 6.64. The molecule has 1 aromatic heterocycles. The molecule has 0 atom stereocenters. The number of carbonyl (C=O) groups excluding carboxylic acids is 4. The van der Waals surface area contributed by atoms with Gasteiger partial charge in [0.1, 0.15) is 5.82 Å². The number of fused-ring (bicyclic) bond motifs is 1. The van der Waals surface area contributed by atoms with Crippen molar-refractivity contribution in [1.82, 2.24) is 20.1 Å². The monoisotopic (exact) mass is 512 g/mol. The number of hydrogen-bond donors (Lipinski definition) is 2. The van der Waals surface area contributed by atoms with Crippen molar-refractivity contribution in [3.8, 4) is 0 Å². The van der Waals surface area contributed by atoms with Crippen molar-refractivity contribution in [2.75, 3.05) is 26.2 Å². The zero-order chi connectivity index (χ0) is 26.6. The molecule has 1 aliphatic heterocycles. The quantitative estimate of drug-likeness (QED) is 0.305. The van der Waals surface area contributed by atoms with Crippen LogP contribution in [0, 0.1) is 5.82 Å². The number of rotatable bonds is 6. The lowest BCUT2D eigenvalue weighted by molar-refractivity contribution is -0.127. The second-order valence-electron chi connectivity index (χ2n) is 9.00. The van der Waals surface area contributed by atoms with Gasteiger partial charge in [-0.25, -0.2) is 4.39 Å². The summed E-state index contributed by atoms with van der Waals surface area (Å²) in [7, 11) is 0. The molecule has 1 aliphatic rings. The normalized spacial score (nSPS) is 13.4. The van der Waals surface area contributed by atoms with E-state index in [0.717, 1.165) is 11.6 Å². The predicted octanol–water partition coefficient (Wildman–Crippen LogP) is 3.40. The van der Waals surface area contributed by atoms with E-state index in [0.29, 0.717) is 5.56 Å². The maximum atomic E-state index is 14.9. The van der Waals surface area contributed by atoms with Crippen molar-refractivity contribution in [2.45, 2.75) is 6.54 Å². The average Bonchev–Trinajstić information content (AvgIpc) is 3.42. The van der Waals surface area contributed by atoms with Crippen LogP contribution in [0.5, 0.6) is 0 Å². The minimum absolute atomic E-state index is 0.103. The Morgan fingerprint density at radius 2 is 1.42 bits per heavy atom. The molecule has 38 heavy (non-hydrogen) atoms. The van der Waals surface area contributed by atoms with Crippen molar-refractivity contribution >= 4 is 34.4 Å². The third kappa shape index (κ3) is 4.90. The highest BCUT2D eigenvalue weighted by Crippen LogP contribution is 2.26. The number of nitrogens with one attached hydrogen (secondary N) is 2. The van der Waals surface area contributed by atoms with Gasteiger partial charge in [-0.2, -0.15) is 0 Å². The smallest absolute Gasteiger partial charge is 0.295 e. The lowest BCUT2D eigenvalue weighted by Crippen LogP contribution is -2.52. The van der Waals surface area contributed by atoms with Gasteiger partial charge in [0.15, 0.2) is 0 Å². The van der Waals surface area contributed by atoms with E-state index in [1.54, 1.807) is 29.2 Å². The number of halogens is 1. The van der Waals surface area contributed by atoms with Crippen LogP contribution in [0.3, 0.4) is 0 Å². The largest absolute Gasteiger partial charge is 0.360 e. The van der Waals surface area contributed by atoms with E-state index < -0.39 is 23.4 Å². The number of hydrogen-bond acceptors (Lipinski definition) is 4. The van der Waals surface area contributed by atoms with Crippen LogP contribution in [-0.4, -0.2) is 64.5 Å². The minimum atomic E-state index is -0.875. The number of benzene rings is 3. The molecule has 0 spiro atoms. The van der Waals surface area contributed by atoms with E-state index in [1.807, 2.05) is 36.4 Å². The molecule has 8 nitrogen and oxygen atoms in total. The van der Waals surface area contributed by atoms with Crippen molar-refractivity contribution in [2.24, 2.45) is 0 Å². The van der Waals surface area contributed by atoms with Crippen LogP contribution >= 0.6 is 0 Å². The van der Waals surface area contributed by atoms with Gasteiger partial charge in [-0.05, 0) is 29.8 Å². The number of amides is 3. The first-order chi connectivity index (χ1) is 18.4. The summed E-state index contributed by atoms with van der Waals surface area (Å²) >= 11 is 0. The Morgan fingerprint density at radius 1 is 0.789 bits per heavy atom. The first-order valence-electron chi connectivity index (χ1n) is 12.2.